The van der Waals surface area contributed by atoms with Crippen molar-refractivity contribution in [3.8, 4) is 0 Å². The number of aliphatic hydroxyl groups excluding tert-OH is 1. The fourth-order valence-corrected chi connectivity index (χ4v) is 6.07. The third kappa shape index (κ3) is 2.56. The van der Waals surface area contributed by atoms with Crippen molar-refractivity contribution in [2.24, 2.45) is 22.7 Å². The van der Waals surface area contributed by atoms with Crippen LogP contribution in [-0.4, -0.2) is 21.9 Å². The van der Waals surface area contributed by atoms with Crippen LogP contribution in [0.2, 0.25) is 0 Å². The number of hydrogen-bond donors (Lipinski definition) is 2. The van der Waals surface area contributed by atoms with Gasteiger partial charge in [0.1, 0.15) is 0 Å². The molecule has 0 aromatic carbocycles. The van der Waals surface area contributed by atoms with Crippen LogP contribution in [0.15, 0.2) is 23.0 Å². The maximum atomic E-state index is 11.8. The molecule has 2 N–H and O–H groups in total. The van der Waals surface area contributed by atoms with E-state index < -0.39 is 5.60 Å². The molecule has 0 radical (unpaired) electrons. The van der Waals surface area contributed by atoms with E-state index in [1.165, 1.54) is 0 Å². The molecule has 1 aromatic heterocycles. The first-order valence-corrected chi connectivity index (χ1v) is 9.12. The van der Waals surface area contributed by atoms with Gasteiger partial charge in [0.05, 0.1) is 24.2 Å². The number of rotatable bonds is 3. The summed E-state index contributed by atoms with van der Waals surface area (Å²) < 4.78 is 5.17. The molecule has 2 fully saturated rings. The largest absolute Gasteiger partial charge is 0.472 e. The minimum Gasteiger partial charge on any atom is -0.472 e. The Morgan fingerprint density at radius 2 is 2.00 bits per heavy atom. The predicted octanol–water partition coefficient (Wildman–Crippen LogP) is 4.18. The third-order valence-electron chi connectivity index (χ3n) is 7.20. The average Bonchev–Trinajstić information content (AvgIpc) is 2.95. The standard InChI is InChI=1S/C20H32O3/c1-14-12-16(21)17-18(2,3)8-5-9-19(17,4)20(14,22)10-6-15-7-11-23-13-15/h7,11,13-14,16-17,21-22H,5-6,8-10,12H2,1-4H3/t14-,16+,17?,19-,20+/m0/s1. The quantitative estimate of drug-likeness (QED) is 0.878. The van der Waals surface area contributed by atoms with Crippen molar-refractivity contribution in [2.45, 2.75) is 77.9 Å². The van der Waals surface area contributed by atoms with Crippen LogP contribution in [0.25, 0.3) is 0 Å². The van der Waals surface area contributed by atoms with Gasteiger partial charge < -0.3 is 14.6 Å². The van der Waals surface area contributed by atoms with Gasteiger partial charge in [-0.2, -0.15) is 0 Å². The van der Waals surface area contributed by atoms with Crippen molar-refractivity contribution in [2.75, 3.05) is 0 Å². The van der Waals surface area contributed by atoms with Gasteiger partial charge in [0.2, 0.25) is 0 Å². The Hall–Kier alpha value is -0.800. The lowest BCUT2D eigenvalue weighted by Gasteiger charge is -2.64. The van der Waals surface area contributed by atoms with Crippen LogP contribution in [0.4, 0.5) is 0 Å². The summed E-state index contributed by atoms with van der Waals surface area (Å²) in [6.45, 7) is 8.88. The van der Waals surface area contributed by atoms with Gasteiger partial charge in [-0.1, -0.05) is 34.1 Å². The fourth-order valence-electron chi connectivity index (χ4n) is 6.07. The summed E-state index contributed by atoms with van der Waals surface area (Å²) in [5.74, 6) is 0.272. The van der Waals surface area contributed by atoms with E-state index in [-0.39, 0.29) is 28.8 Å². The molecule has 0 aliphatic heterocycles. The van der Waals surface area contributed by atoms with Gasteiger partial charge in [-0.05, 0) is 61.0 Å². The average molecular weight is 320 g/mol. The van der Waals surface area contributed by atoms with E-state index >= 15 is 0 Å². The highest BCUT2D eigenvalue weighted by molar-refractivity contribution is 5.15. The van der Waals surface area contributed by atoms with Crippen LogP contribution in [0.1, 0.15) is 65.4 Å². The molecule has 3 heteroatoms. The topological polar surface area (TPSA) is 53.6 Å². The second kappa shape index (κ2) is 5.63. The molecule has 1 heterocycles. The first-order chi connectivity index (χ1) is 10.7. The van der Waals surface area contributed by atoms with Crippen LogP contribution >= 0.6 is 0 Å². The lowest BCUT2D eigenvalue weighted by molar-refractivity contribution is -0.244. The number of hydrogen-bond acceptors (Lipinski definition) is 3. The van der Waals surface area contributed by atoms with E-state index in [4.69, 9.17) is 4.42 Å². The summed E-state index contributed by atoms with van der Waals surface area (Å²) in [5.41, 5.74) is 0.268. The van der Waals surface area contributed by atoms with Crippen molar-refractivity contribution in [3.63, 3.8) is 0 Å². The summed E-state index contributed by atoms with van der Waals surface area (Å²) in [7, 11) is 0. The van der Waals surface area contributed by atoms with E-state index in [1.807, 2.05) is 6.07 Å². The summed E-state index contributed by atoms with van der Waals surface area (Å²) in [5, 5.41) is 22.6. The van der Waals surface area contributed by atoms with Crippen LogP contribution in [-0.2, 0) is 6.42 Å². The van der Waals surface area contributed by atoms with Gasteiger partial charge in [0.15, 0.2) is 0 Å². The van der Waals surface area contributed by atoms with Gasteiger partial charge in [-0.25, -0.2) is 0 Å². The van der Waals surface area contributed by atoms with Crippen LogP contribution in [0, 0.1) is 22.7 Å². The summed E-state index contributed by atoms with van der Waals surface area (Å²) in [6, 6.07) is 1.98. The highest BCUT2D eigenvalue weighted by Gasteiger charge is 2.63. The highest BCUT2D eigenvalue weighted by atomic mass is 16.3. The molecule has 3 rings (SSSR count). The molecule has 2 saturated carbocycles. The maximum Gasteiger partial charge on any atom is 0.0934 e. The smallest absolute Gasteiger partial charge is 0.0934 e. The molecule has 2 aliphatic carbocycles. The molecule has 0 saturated heterocycles. The summed E-state index contributed by atoms with van der Waals surface area (Å²) in [4.78, 5) is 0. The Morgan fingerprint density at radius 1 is 1.26 bits per heavy atom. The second-order valence-electron chi connectivity index (χ2n) is 9.00. The van der Waals surface area contributed by atoms with E-state index in [0.717, 1.165) is 37.7 Å². The summed E-state index contributed by atoms with van der Waals surface area (Å²) in [6.07, 6.45) is 8.71. The lowest BCUT2D eigenvalue weighted by Crippen LogP contribution is -2.66. The van der Waals surface area contributed by atoms with Crippen LogP contribution in [0.3, 0.4) is 0 Å². The first-order valence-electron chi connectivity index (χ1n) is 9.12. The van der Waals surface area contributed by atoms with Crippen LogP contribution in [0.5, 0.6) is 0 Å². The van der Waals surface area contributed by atoms with E-state index in [2.05, 4.69) is 27.7 Å². The fraction of sp³-hybridized carbons (Fsp3) is 0.800. The summed E-state index contributed by atoms with van der Waals surface area (Å²) >= 11 is 0. The zero-order valence-electron chi connectivity index (χ0n) is 15.0. The van der Waals surface area contributed by atoms with Crippen LogP contribution < -0.4 is 0 Å². The second-order valence-corrected chi connectivity index (χ2v) is 9.00. The van der Waals surface area contributed by atoms with Gasteiger partial charge in [-0.15, -0.1) is 0 Å². The highest BCUT2D eigenvalue weighted by Crippen LogP contribution is 2.63. The molecule has 5 atom stereocenters. The molecule has 0 amide bonds. The maximum absolute atomic E-state index is 11.8. The minimum absolute atomic E-state index is 0.0795. The van der Waals surface area contributed by atoms with Gasteiger partial charge in [0, 0.05) is 5.41 Å². The molecule has 2 aliphatic rings. The number of aryl methyl sites for hydroxylation is 1. The molecule has 1 aromatic rings. The van der Waals surface area contributed by atoms with Gasteiger partial charge >= 0.3 is 0 Å². The molecule has 23 heavy (non-hydrogen) atoms. The van der Waals surface area contributed by atoms with Crippen molar-refractivity contribution < 1.29 is 14.6 Å². The Bertz CT molecular complexity index is 535. The predicted molar refractivity (Wildman–Crippen MR) is 91.0 cm³/mol. The SMILES string of the molecule is C[C@H]1C[C@@H](O)C2C(C)(C)CCC[C@]2(C)[C@@]1(O)CCc1ccoc1. The Labute approximate surface area is 140 Å². The van der Waals surface area contributed by atoms with Crippen molar-refractivity contribution in [1.29, 1.82) is 0 Å². The molecular formula is C20H32O3. The van der Waals surface area contributed by atoms with Crippen molar-refractivity contribution in [3.05, 3.63) is 24.2 Å². The molecular weight excluding hydrogens is 288 g/mol. The Kier molecular flexibility index (Phi) is 4.17. The van der Waals surface area contributed by atoms with Crippen molar-refractivity contribution >= 4 is 0 Å². The Morgan fingerprint density at radius 3 is 2.65 bits per heavy atom. The van der Waals surface area contributed by atoms with Gasteiger partial charge in [0.25, 0.3) is 0 Å². The molecule has 3 nitrogen and oxygen atoms in total. The number of fused-ring (bicyclic) bond motifs is 1. The third-order valence-corrected chi connectivity index (χ3v) is 7.20. The zero-order valence-corrected chi connectivity index (χ0v) is 15.0. The van der Waals surface area contributed by atoms with E-state index in [0.29, 0.717) is 6.42 Å². The van der Waals surface area contributed by atoms with Crippen molar-refractivity contribution in [1.82, 2.24) is 0 Å². The van der Waals surface area contributed by atoms with Gasteiger partial charge in [-0.3, -0.25) is 0 Å². The molecule has 0 spiro atoms. The van der Waals surface area contributed by atoms with E-state index in [9.17, 15) is 10.2 Å². The first kappa shape index (κ1) is 17.0. The molecule has 1 unspecified atom stereocenters. The number of furan rings is 1. The number of aliphatic hydroxyl groups is 2. The van der Waals surface area contributed by atoms with E-state index in [1.54, 1.807) is 12.5 Å². The minimum atomic E-state index is -0.730. The monoisotopic (exact) mass is 320 g/mol. The normalized spacial score (nSPS) is 43.1. The lowest BCUT2D eigenvalue weighted by atomic mass is 9.43. The molecule has 0 bridgehead atoms. The Balaban J connectivity index is 1.93. The molecule has 130 valence electrons. The zero-order chi connectivity index (χ0) is 16.9.